The minimum Gasteiger partial charge on any atom is -0.449 e. The molecule has 0 aliphatic carbocycles. The van der Waals surface area contributed by atoms with Gasteiger partial charge in [0.15, 0.2) is 5.89 Å². The average molecular weight is 308 g/mol. The van der Waals surface area contributed by atoms with E-state index in [1.807, 2.05) is 0 Å². The number of benzene rings is 1. The van der Waals surface area contributed by atoms with Crippen LogP contribution < -0.4 is 4.72 Å². The second kappa shape index (κ2) is 6.41. The summed E-state index contributed by atoms with van der Waals surface area (Å²) < 4.78 is 32.0. The standard InChI is InChI=1S/C15H20N2O3S/c1-11(2)8-9-16-21(18,19)14-6-4-13(5-7-14)15-10-20-12(3)17-15/h4-7,10-11,16H,8-9H2,1-3H3. The minimum absolute atomic E-state index is 0.259. The van der Waals surface area contributed by atoms with Crippen molar-refractivity contribution in [2.75, 3.05) is 6.54 Å². The molecule has 6 heteroatoms. The SMILES string of the molecule is Cc1nc(-c2ccc(S(=O)(=O)NCCC(C)C)cc2)co1. The van der Waals surface area contributed by atoms with Gasteiger partial charge in [0.2, 0.25) is 10.0 Å². The normalized spacial score (nSPS) is 12.0. The Labute approximate surface area is 125 Å². The van der Waals surface area contributed by atoms with Gasteiger partial charge in [0, 0.05) is 19.0 Å². The van der Waals surface area contributed by atoms with Crippen LogP contribution in [0.2, 0.25) is 0 Å². The van der Waals surface area contributed by atoms with E-state index in [0.29, 0.717) is 24.0 Å². The van der Waals surface area contributed by atoms with Crippen molar-refractivity contribution in [3.05, 3.63) is 36.4 Å². The van der Waals surface area contributed by atoms with Crippen LogP contribution in [-0.2, 0) is 10.0 Å². The zero-order chi connectivity index (χ0) is 15.5. The van der Waals surface area contributed by atoms with E-state index in [-0.39, 0.29) is 4.90 Å². The summed E-state index contributed by atoms with van der Waals surface area (Å²) >= 11 is 0. The first kappa shape index (κ1) is 15.7. The number of aromatic nitrogens is 1. The summed E-state index contributed by atoms with van der Waals surface area (Å²) in [5, 5.41) is 0. The molecule has 5 nitrogen and oxygen atoms in total. The number of sulfonamides is 1. The van der Waals surface area contributed by atoms with Crippen molar-refractivity contribution in [2.24, 2.45) is 5.92 Å². The van der Waals surface area contributed by atoms with Crippen LogP contribution in [0.15, 0.2) is 39.8 Å². The Balaban J connectivity index is 2.11. The molecular formula is C15H20N2O3S. The van der Waals surface area contributed by atoms with Crippen molar-refractivity contribution in [3.8, 4) is 11.3 Å². The summed E-state index contributed by atoms with van der Waals surface area (Å²) in [6, 6.07) is 6.62. The van der Waals surface area contributed by atoms with Gasteiger partial charge in [0.25, 0.3) is 0 Å². The van der Waals surface area contributed by atoms with E-state index in [1.54, 1.807) is 37.5 Å². The van der Waals surface area contributed by atoms with Crippen LogP contribution in [0.3, 0.4) is 0 Å². The van der Waals surface area contributed by atoms with Crippen molar-refractivity contribution in [1.29, 1.82) is 0 Å². The monoisotopic (exact) mass is 308 g/mol. The van der Waals surface area contributed by atoms with Gasteiger partial charge >= 0.3 is 0 Å². The number of oxazole rings is 1. The third-order valence-electron chi connectivity index (χ3n) is 3.09. The third kappa shape index (κ3) is 4.15. The highest BCUT2D eigenvalue weighted by Crippen LogP contribution is 2.20. The molecule has 0 bridgehead atoms. The molecular weight excluding hydrogens is 288 g/mol. The van der Waals surface area contributed by atoms with Crippen molar-refractivity contribution < 1.29 is 12.8 Å². The molecule has 21 heavy (non-hydrogen) atoms. The average Bonchev–Trinajstić information content (AvgIpc) is 2.85. The van der Waals surface area contributed by atoms with E-state index in [9.17, 15) is 8.42 Å². The second-order valence-electron chi connectivity index (χ2n) is 5.36. The van der Waals surface area contributed by atoms with Crippen LogP contribution in [-0.4, -0.2) is 19.9 Å². The Hall–Kier alpha value is -1.66. The van der Waals surface area contributed by atoms with E-state index >= 15 is 0 Å². The molecule has 0 unspecified atom stereocenters. The van der Waals surface area contributed by atoms with E-state index in [2.05, 4.69) is 23.6 Å². The molecule has 0 atom stereocenters. The van der Waals surface area contributed by atoms with E-state index < -0.39 is 10.0 Å². The molecule has 1 N–H and O–H groups in total. The Morgan fingerprint density at radius 3 is 2.43 bits per heavy atom. The maximum Gasteiger partial charge on any atom is 0.240 e. The van der Waals surface area contributed by atoms with Crippen LogP contribution in [0.25, 0.3) is 11.3 Å². The molecule has 2 aromatic rings. The van der Waals surface area contributed by atoms with Gasteiger partial charge in [0.1, 0.15) is 12.0 Å². The zero-order valence-corrected chi connectivity index (χ0v) is 13.3. The van der Waals surface area contributed by atoms with Gasteiger partial charge < -0.3 is 4.42 Å². The molecule has 0 saturated carbocycles. The van der Waals surface area contributed by atoms with Gasteiger partial charge in [0.05, 0.1) is 4.90 Å². The van der Waals surface area contributed by atoms with Crippen LogP contribution >= 0.6 is 0 Å². The smallest absolute Gasteiger partial charge is 0.240 e. The fraction of sp³-hybridized carbons (Fsp3) is 0.400. The predicted molar refractivity (Wildman–Crippen MR) is 81.3 cm³/mol. The van der Waals surface area contributed by atoms with E-state index in [1.165, 1.54) is 0 Å². The molecule has 2 rings (SSSR count). The van der Waals surface area contributed by atoms with Gasteiger partial charge in [-0.25, -0.2) is 18.1 Å². The number of hydrogen-bond acceptors (Lipinski definition) is 4. The van der Waals surface area contributed by atoms with Gasteiger partial charge in [-0.2, -0.15) is 0 Å². The maximum atomic E-state index is 12.1. The number of rotatable bonds is 6. The Morgan fingerprint density at radius 1 is 1.24 bits per heavy atom. The third-order valence-corrected chi connectivity index (χ3v) is 4.57. The maximum absolute atomic E-state index is 12.1. The summed E-state index contributed by atoms with van der Waals surface area (Å²) in [6.07, 6.45) is 2.37. The highest BCUT2D eigenvalue weighted by atomic mass is 32.2. The quantitative estimate of drug-likeness (QED) is 0.890. The molecule has 0 spiro atoms. The lowest BCUT2D eigenvalue weighted by Crippen LogP contribution is -2.25. The molecule has 0 saturated heterocycles. The first-order valence-corrected chi connectivity index (χ1v) is 8.39. The number of hydrogen-bond donors (Lipinski definition) is 1. The van der Waals surface area contributed by atoms with Crippen molar-refractivity contribution in [2.45, 2.75) is 32.1 Å². The zero-order valence-electron chi connectivity index (χ0n) is 12.5. The topological polar surface area (TPSA) is 72.2 Å². The molecule has 0 aliphatic rings. The van der Waals surface area contributed by atoms with Crippen molar-refractivity contribution in [3.63, 3.8) is 0 Å². The highest BCUT2D eigenvalue weighted by Gasteiger charge is 2.14. The largest absolute Gasteiger partial charge is 0.449 e. The first-order chi connectivity index (χ1) is 9.88. The molecule has 1 aromatic heterocycles. The lowest BCUT2D eigenvalue weighted by atomic mass is 10.1. The minimum atomic E-state index is -3.44. The molecule has 0 amide bonds. The van der Waals surface area contributed by atoms with Gasteiger partial charge in [-0.3, -0.25) is 0 Å². The van der Waals surface area contributed by atoms with Crippen LogP contribution in [0.5, 0.6) is 0 Å². The van der Waals surface area contributed by atoms with Gasteiger partial charge in [-0.1, -0.05) is 26.0 Å². The van der Waals surface area contributed by atoms with Crippen LogP contribution in [0.4, 0.5) is 0 Å². The van der Waals surface area contributed by atoms with Gasteiger partial charge in [-0.15, -0.1) is 0 Å². The van der Waals surface area contributed by atoms with Crippen molar-refractivity contribution >= 4 is 10.0 Å². The molecule has 0 aliphatic heterocycles. The number of aryl methyl sites for hydroxylation is 1. The fourth-order valence-corrected chi connectivity index (χ4v) is 2.91. The number of nitrogens with zero attached hydrogens (tertiary/aromatic N) is 1. The summed E-state index contributed by atoms with van der Waals surface area (Å²) in [4.78, 5) is 4.47. The summed E-state index contributed by atoms with van der Waals surface area (Å²) in [6.45, 7) is 6.33. The molecule has 0 radical (unpaired) electrons. The summed E-state index contributed by atoms with van der Waals surface area (Å²) in [5.74, 6) is 1.04. The molecule has 114 valence electrons. The first-order valence-electron chi connectivity index (χ1n) is 6.91. The summed E-state index contributed by atoms with van der Waals surface area (Å²) in [5.41, 5.74) is 1.53. The Bertz CT molecular complexity index is 688. The van der Waals surface area contributed by atoms with Crippen LogP contribution in [0, 0.1) is 12.8 Å². The van der Waals surface area contributed by atoms with Gasteiger partial charge in [-0.05, 0) is 24.5 Å². The molecule has 1 aromatic carbocycles. The highest BCUT2D eigenvalue weighted by molar-refractivity contribution is 7.89. The summed E-state index contributed by atoms with van der Waals surface area (Å²) in [7, 11) is -3.44. The second-order valence-corrected chi connectivity index (χ2v) is 7.12. The lowest BCUT2D eigenvalue weighted by Gasteiger charge is -2.08. The van der Waals surface area contributed by atoms with E-state index in [4.69, 9.17) is 4.42 Å². The van der Waals surface area contributed by atoms with Crippen molar-refractivity contribution in [1.82, 2.24) is 9.71 Å². The number of nitrogens with one attached hydrogen (secondary N) is 1. The molecule has 0 fully saturated rings. The Morgan fingerprint density at radius 2 is 1.90 bits per heavy atom. The lowest BCUT2D eigenvalue weighted by molar-refractivity contribution is 0.521. The Kier molecular flexibility index (Phi) is 4.80. The molecule has 1 heterocycles. The van der Waals surface area contributed by atoms with Crippen LogP contribution in [0.1, 0.15) is 26.2 Å². The predicted octanol–water partition coefficient (Wildman–Crippen LogP) is 2.97. The fourth-order valence-electron chi connectivity index (χ4n) is 1.87. The van der Waals surface area contributed by atoms with E-state index in [0.717, 1.165) is 12.0 Å².